The lowest BCUT2D eigenvalue weighted by Crippen LogP contribution is -2.37. The summed E-state index contributed by atoms with van der Waals surface area (Å²) in [6.45, 7) is 0.589. The largest absolute Gasteiger partial charge is 0.394 e. The normalized spacial score (nSPS) is 15.5. The summed E-state index contributed by atoms with van der Waals surface area (Å²) in [6.07, 6.45) is 8.29. The average Bonchev–Trinajstić information content (AvgIpc) is 3.62. The van der Waals surface area contributed by atoms with Gasteiger partial charge < -0.3 is 15.0 Å². The number of hydrogen-bond acceptors (Lipinski definition) is 3. The molecule has 1 aliphatic carbocycles. The van der Waals surface area contributed by atoms with E-state index in [9.17, 15) is 9.90 Å². The molecule has 5 nitrogen and oxygen atoms in total. The molecule has 5 rings (SSSR count). The van der Waals surface area contributed by atoms with E-state index in [2.05, 4.69) is 51.3 Å². The van der Waals surface area contributed by atoms with Crippen molar-refractivity contribution in [2.45, 2.75) is 44.2 Å². The van der Waals surface area contributed by atoms with E-state index in [1.807, 2.05) is 60.9 Å². The summed E-state index contributed by atoms with van der Waals surface area (Å²) in [5.74, 6) is 1.05. The van der Waals surface area contributed by atoms with Crippen LogP contribution in [0.5, 0.6) is 0 Å². The van der Waals surface area contributed by atoms with Gasteiger partial charge in [-0.25, -0.2) is 4.98 Å². The summed E-state index contributed by atoms with van der Waals surface area (Å²) in [6, 6.07) is 27.9. The highest BCUT2D eigenvalue weighted by Gasteiger charge is 2.33. The van der Waals surface area contributed by atoms with Gasteiger partial charge >= 0.3 is 0 Å². The quantitative estimate of drug-likeness (QED) is 0.323. The van der Waals surface area contributed by atoms with E-state index in [1.165, 1.54) is 0 Å². The van der Waals surface area contributed by atoms with Crippen molar-refractivity contribution >= 4 is 5.91 Å². The van der Waals surface area contributed by atoms with Crippen molar-refractivity contribution in [1.29, 1.82) is 0 Å². The SMILES string of the molecule is O=C(N[C@H](CO)c1ccccc1)C(c1ccc(Cn2ccnc2-c2ccccc2)cc1)C1CCCC1. The molecule has 0 bridgehead atoms. The number of imidazole rings is 1. The zero-order valence-corrected chi connectivity index (χ0v) is 20.5. The Balaban J connectivity index is 1.35. The van der Waals surface area contributed by atoms with E-state index < -0.39 is 6.04 Å². The Morgan fingerprint density at radius 1 is 0.917 bits per heavy atom. The minimum Gasteiger partial charge on any atom is -0.394 e. The van der Waals surface area contributed by atoms with Gasteiger partial charge in [0.25, 0.3) is 0 Å². The summed E-state index contributed by atoms with van der Waals surface area (Å²) < 4.78 is 2.15. The predicted molar refractivity (Wildman–Crippen MR) is 142 cm³/mol. The number of rotatable bonds is 9. The summed E-state index contributed by atoms with van der Waals surface area (Å²) >= 11 is 0. The molecule has 1 aliphatic rings. The molecule has 1 fully saturated rings. The lowest BCUT2D eigenvalue weighted by molar-refractivity contribution is -0.124. The monoisotopic (exact) mass is 479 g/mol. The van der Waals surface area contributed by atoms with Crippen LogP contribution in [0.15, 0.2) is 97.3 Å². The third-order valence-corrected chi connectivity index (χ3v) is 7.29. The fourth-order valence-corrected chi connectivity index (χ4v) is 5.42. The second kappa shape index (κ2) is 11.4. The molecular formula is C31H33N3O2. The number of nitrogens with zero attached hydrogens (tertiary/aromatic N) is 2. The first kappa shape index (κ1) is 24.0. The lowest BCUT2D eigenvalue weighted by atomic mass is 9.83. The van der Waals surface area contributed by atoms with Gasteiger partial charge in [-0.2, -0.15) is 0 Å². The molecule has 4 aromatic rings. The second-order valence-electron chi connectivity index (χ2n) is 9.66. The van der Waals surface area contributed by atoms with Crippen molar-refractivity contribution in [3.05, 3.63) is 114 Å². The molecule has 2 atom stereocenters. The minimum absolute atomic E-state index is 0.00136. The number of aliphatic hydroxyl groups is 1. The smallest absolute Gasteiger partial charge is 0.228 e. The Morgan fingerprint density at radius 2 is 1.58 bits per heavy atom. The van der Waals surface area contributed by atoms with Gasteiger partial charge in [0.1, 0.15) is 5.82 Å². The van der Waals surface area contributed by atoms with Crippen LogP contribution in [-0.2, 0) is 11.3 Å². The van der Waals surface area contributed by atoms with Gasteiger partial charge in [-0.3, -0.25) is 4.79 Å². The van der Waals surface area contributed by atoms with Crippen LogP contribution in [0.4, 0.5) is 0 Å². The van der Waals surface area contributed by atoms with Crippen LogP contribution in [0.2, 0.25) is 0 Å². The van der Waals surface area contributed by atoms with Crippen molar-refractivity contribution in [3.63, 3.8) is 0 Å². The van der Waals surface area contributed by atoms with Gasteiger partial charge in [-0.1, -0.05) is 97.8 Å². The van der Waals surface area contributed by atoms with Crippen molar-refractivity contribution in [3.8, 4) is 11.4 Å². The Bertz CT molecular complexity index is 1250. The molecule has 1 aromatic heterocycles. The molecule has 184 valence electrons. The first-order valence-electron chi connectivity index (χ1n) is 12.8. The number of carbonyl (C=O) groups is 1. The summed E-state index contributed by atoms with van der Waals surface area (Å²) in [5, 5.41) is 13.1. The maximum Gasteiger partial charge on any atom is 0.228 e. The molecule has 36 heavy (non-hydrogen) atoms. The van der Waals surface area contributed by atoms with Gasteiger partial charge in [0.2, 0.25) is 5.91 Å². The van der Waals surface area contributed by atoms with Gasteiger partial charge in [0.05, 0.1) is 18.6 Å². The standard InChI is InChI=1S/C31H33N3O2/c35-22-28(24-9-3-1-4-10-24)33-31(36)29(25-11-7-8-12-25)26-17-15-23(16-18-26)21-34-20-19-32-30(34)27-13-5-2-6-14-27/h1-6,9-10,13-20,25,28-29,35H,7-8,11-12,21-22H2,(H,33,36)/t28-,29?/m1/s1. The van der Waals surface area contributed by atoms with Crippen LogP contribution in [0.3, 0.4) is 0 Å². The maximum atomic E-state index is 13.6. The van der Waals surface area contributed by atoms with Crippen LogP contribution < -0.4 is 5.32 Å². The highest BCUT2D eigenvalue weighted by molar-refractivity contribution is 5.84. The molecule has 3 aromatic carbocycles. The topological polar surface area (TPSA) is 67.2 Å². The van der Waals surface area contributed by atoms with Crippen LogP contribution in [0.1, 0.15) is 54.3 Å². The average molecular weight is 480 g/mol. The Morgan fingerprint density at radius 3 is 2.25 bits per heavy atom. The zero-order valence-electron chi connectivity index (χ0n) is 20.5. The van der Waals surface area contributed by atoms with E-state index >= 15 is 0 Å². The number of carbonyl (C=O) groups excluding carboxylic acids is 1. The van der Waals surface area contributed by atoms with E-state index in [0.29, 0.717) is 12.5 Å². The van der Waals surface area contributed by atoms with Crippen LogP contribution in [0, 0.1) is 5.92 Å². The highest BCUT2D eigenvalue weighted by Crippen LogP contribution is 2.38. The number of nitrogens with one attached hydrogen (secondary N) is 1. The molecule has 0 spiro atoms. The molecule has 0 aliphatic heterocycles. The molecule has 1 saturated carbocycles. The van der Waals surface area contributed by atoms with Crippen molar-refractivity contribution in [2.24, 2.45) is 5.92 Å². The summed E-state index contributed by atoms with van der Waals surface area (Å²) in [5.41, 5.74) is 4.22. The van der Waals surface area contributed by atoms with Crippen LogP contribution >= 0.6 is 0 Å². The Kier molecular flexibility index (Phi) is 7.58. The number of aliphatic hydroxyl groups excluding tert-OH is 1. The van der Waals surface area contributed by atoms with Crippen molar-refractivity contribution in [1.82, 2.24) is 14.9 Å². The molecule has 0 saturated heterocycles. The number of benzene rings is 3. The maximum absolute atomic E-state index is 13.6. The lowest BCUT2D eigenvalue weighted by Gasteiger charge is -2.26. The van der Waals surface area contributed by atoms with Crippen LogP contribution in [0.25, 0.3) is 11.4 Å². The van der Waals surface area contributed by atoms with Gasteiger partial charge in [0, 0.05) is 24.5 Å². The second-order valence-corrected chi connectivity index (χ2v) is 9.66. The fraction of sp³-hybridized carbons (Fsp3) is 0.290. The van der Waals surface area contributed by atoms with E-state index in [1.54, 1.807) is 0 Å². The molecular weight excluding hydrogens is 446 g/mol. The highest BCUT2D eigenvalue weighted by atomic mass is 16.3. The van der Waals surface area contributed by atoms with E-state index in [0.717, 1.165) is 53.8 Å². The molecule has 1 heterocycles. The number of aromatic nitrogens is 2. The molecule has 2 N–H and O–H groups in total. The summed E-state index contributed by atoms with van der Waals surface area (Å²) in [7, 11) is 0. The minimum atomic E-state index is -0.403. The van der Waals surface area contributed by atoms with Gasteiger partial charge in [-0.15, -0.1) is 0 Å². The molecule has 1 unspecified atom stereocenters. The van der Waals surface area contributed by atoms with Crippen LogP contribution in [-0.4, -0.2) is 27.2 Å². The van der Waals surface area contributed by atoms with Crippen molar-refractivity contribution in [2.75, 3.05) is 6.61 Å². The molecule has 5 heteroatoms. The van der Waals surface area contributed by atoms with E-state index in [-0.39, 0.29) is 18.4 Å². The fourth-order valence-electron chi connectivity index (χ4n) is 5.42. The zero-order chi connectivity index (χ0) is 24.7. The first-order chi connectivity index (χ1) is 17.7. The third kappa shape index (κ3) is 5.42. The number of hydrogen-bond donors (Lipinski definition) is 2. The Hall–Kier alpha value is -3.70. The van der Waals surface area contributed by atoms with Gasteiger partial charge in [0.15, 0.2) is 0 Å². The predicted octanol–water partition coefficient (Wildman–Crippen LogP) is 5.72. The first-order valence-corrected chi connectivity index (χ1v) is 12.8. The summed E-state index contributed by atoms with van der Waals surface area (Å²) in [4.78, 5) is 18.1. The van der Waals surface area contributed by atoms with Crippen molar-refractivity contribution < 1.29 is 9.90 Å². The van der Waals surface area contributed by atoms with Gasteiger partial charge in [-0.05, 0) is 35.4 Å². The molecule has 0 radical (unpaired) electrons. The van der Waals surface area contributed by atoms with E-state index in [4.69, 9.17) is 0 Å². The number of amides is 1. The Labute approximate surface area is 212 Å². The third-order valence-electron chi connectivity index (χ3n) is 7.29. The molecule has 1 amide bonds.